The number of carbonyl (C=O) groups excluding carboxylic acids is 1. The van der Waals surface area contributed by atoms with Gasteiger partial charge in [-0.2, -0.15) is 0 Å². The lowest BCUT2D eigenvalue weighted by atomic mass is 9.68. The van der Waals surface area contributed by atoms with Crippen LogP contribution in [0.15, 0.2) is 30.3 Å². The van der Waals surface area contributed by atoms with Crippen molar-refractivity contribution in [1.82, 2.24) is 5.32 Å². The van der Waals surface area contributed by atoms with Gasteiger partial charge in [-0.15, -0.1) is 0 Å². The van der Waals surface area contributed by atoms with E-state index >= 15 is 0 Å². The average molecular weight is 259 g/mol. The number of hydrogen-bond donors (Lipinski definition) is 1. The van der Waals surface area contributed by atoms with E-state index in [0.29, 0.717) is 5.92 Å². The van der Waals surface area contributed by atoms with E-state index in [2.05, 4.69) is 31.3 Å². The summed E-state index contributed by atoms with van der Waals surface area (Å²) in [4.78, 5) is 12.7. The highest BCUT2D eigenvalue weighted by molar-refractivity contribution is 5.88. The van der Waals surface area contributed by atoms with Crippen LogP contribution in [0.1, 0.15) is 51.5 Å². The standard InChI is InChI=1S/C17H25NO/c1-14(2)13-18-16(19)17(11-7-4-8-12-17)15-9-5-3-6-10-15/h3,5-6,9-10,14H,4,7-8,11-13H2,1-2H3,(H,18,19). The number of amides is 1. The summed E-state index contributed by atoms with van der Waals surface area (Å²) in [5.41, 5.74) is 0.907. The molecule has 1 saturated carbocycles. The van der Waals surface area contributed by atoms with Gasteiger partial charge in [0.05, 0.1) is 5.41 Å². The van der Waals surface area contributed by atoms with E-state index in [1.54, 1.807) is 0 Å². The quantitative estimate of drug-likeness (QED) is 0.878. The molecule has 19 heavy (non-hydrogen) atoms. The average Bonchev–Trinajstić information content (AvgIpc) is 2.46. The minimum Gasteiger partial charge on any atom is -0.355 e. The Morgan fingerprint density at radius 3 is 2.37 bits per heavy atom. The van der Waals surface area contributed by atoms with Crippen molar-refractivity contribution in [1.29, 1.82) is 0 Å². The maximum Gasteiger partial charge on any atom is 0.230 e. The molecule has 1 N–H and O–H groups in total. The van der Waals surface area contributed by atoms with Gasteiger partial charge in [-0.3, -0.25) is 4.79 Å². The van der Waals surface area contributed by atoms with Crippen LogP contribution in [-0.4, -0.2) is 12.5 Å². The molecule has 1 fully saturated rings. The van der Waals surface area contributed by atoms with Crippen LogP contribution >= 0.6 is 0 Å². The topological polar surface area (TPSA) is 29.1 Å². The minimum atomic E-state index is -0.283. The Bertz CT molecular complexity index is 405. The van der Waals surface area contributed by atoms with E-state index in [0.717, 1.165) is 32.2 Å². The highest BCUT2D eigenvalue weighted by Crippen LogP contribution is 2.39. The van der Waals surface area contributed by atoms with Crippen molar-refractivity contribution in [3.05, 3.63) is 35.9 Å². The summed E-state index contributed by atoms with van der Waals surface area (Å²) in [6.45, 7) is 5.04. The molecule has 1 aliphatic carbocycles. The molecule has 0 heterocycles. The molecule has 0 saturated heterocycles. The van der Waals surface area contributed by atoms with Crippen LogP contribution in [0.5, 0.6) is 0 Å². The van der Waals surface area contributed by atoms with Crippen LogP contribution < -0.4 is 5.32 Å². The third-order valence-corrected chi connectivity index (χ3v) is 4.14. The summed E-state index contributed by atoms with van der Waals surface area (Å²) in [5.74, 6) is 0.729. The molecule has 0 bridgehead atoms. The summed E-state index contributed by atoms with van der Waals surface area (Å²) in [7, 11) is 0. The Balaban J connectivity index is 2.22. The highest BCUT2D eigenvalue weighted by atomic mass is 16.2. The normalized spacial score (nSPS) is 18.3. The summed E-state index contributed by atoms with van der Waals surface area (Å²) in [6.07, 6.45) is 5.54. The van der Waals surface area contributed by atoms with Gasteiger partial charge in [0.25, 0.3) is 0 Å². The molecule has 1 aromatic carbocycles. The zero-order chi connectivity index (χ0) is 13.7. The number of rotatable bonds is 4. The van der Waals surface area contributed by atoms with Crippen LogP contribution in [0.2, 0.25) is 0 Å². The van der Waals surface area contributed by atoms with E-state index in [4.69, 9.17) is 0 Å². The fourth-order valence-corrected chi connectivity index (χ4v) is 3.03. The second kappa shape index (κ2) is 6.23. The first kappa shape index (κ1) is 14.1. The smallest absolute Gasteiger partial charge is 0.230 e. The molecule has 1 aromatic rings. The van der Waals surface area contributed by atoms with Crippen LogP contribution in [0.25, 0.3) is 0 Å². The summed E-state index contributed by atoms with van der Waals surface area (Å²) in [5, 5.41) is 3.15. The Hall–Kier alpha value is -1.31. The van der Waals surface area contributed by atoms with Crippen molar-refractivity contribution in [3.8, 4) is 0 Å². The Morgan fingerprint density at radius 1 is 1.16 bits per heavy atom. The fourth-order valence-electron chi connectivity index (χ4n) is 3.03. The molecular formula is C17H25NO. The number of benzene rings is 1. The molecule has 2 rings (SSSR count). The van der Waals surface area contributed by atoms with Gasteiger partial charge in [0, 0.05) is 6.54 Å². The number of nitrogens with one attached hydrogen (secondary N) is 1. The maximum absolute atomic E-state index is 12.7. The molecule has 0 spiro atoms. The number of hydrogen-bond acceptors (Lipinski definition) is 1. The third kappa shape index (κ3) is 3.17. The first-order valence-corrected chi connectivity index (χ1v) is 7.49. The Labute approximate surface area is 116 Å². The molecule has 0 aromatic heterocycles. The second-order valence-electron chi connectivity index (χ2n) is 6.11. The van der Waals surface area contributed by atoms with E-state index in [-0.39, 0.29) is 11.3 Å². The zero-order valence-electron chi connectivity index (χ0n) is 12.1. The molecule has 1 amide bonds. The molecular weight excluding hydrogens is 234 g/mol. The molecule has 104 valence electrons. The Morgan fingerprint density at radius 2 is 1.79 bits per heavy atom. The van der Waals surface area contributed by atoms with Gasteiger partial charge in [-0.25, -0.2) is 0 Å². The number of carbonyl (C=O) groups is 1. The summed E-state index contributed by atoms with van der Waals surface area (Å²) in [6, 6.07) is 10.3. The van der Waals surface area contributed by atoms with Gasteiger partial charge in [-0.1, -0.05) is 63.4 Å². The Kier molecular flexibility index (Phi) is 4.62. The van der Waals surface area contributed by atoms with E-state index in [1.165, 1.54) is 12.0 Å². The van der Waals surface area contributed by atoms with Crippen molar-refractivity contribution >= 4 is 5.91 Å². The first-order chi connectivity index (χ1) is 9.15. The van der Waals surface area contributed by atoms with Crippen molar-refractivity contribution < 1.29 is 4.79 Å². The first-order valence-electron chi connectivity index (χ1n) is 7.49. The van der Waals surface area contributed by atoms with Crippen molar-refractivity contribution in [3.63, 3.8) is 0 Å². The summed E-state index contributed by atoms with van der Waals surface area (Å²) < 4.78 is 0. The van der Waals surface area contributed by atoms with Gasteiger partial charge in [0.2, 0.25) is 5.91 Å². The van der Waals surface area contributed by atoms with E-state index in [9.17, 15) is 4.79 Å². The molecule has 1 aliphatic rings. The minimum absolute atomic E-state index is 0.229. The van der Waals surface area contributed by atoms with Crippen molar-refractivity contribution in [2.24, 2.45) is 5.92 Å². The largest absolute Gasteiger partial charge is 0.355 e. The van der Waals surface area contributed by atoms with Gasteiger partial charge >= 0.3 is 0 Å². The van der Waals surface area contributed by atoms with E-state index in [1.807, 2.05) is 18.2 Å². The predicted octanol–water partition coefficient (Wildman–Crippen LogP) is 3.66. The fraction of sp³-hybridized carbons (Fsp3) is 0.588. The van der Waals surface area contributed by atoms with Gasteiger partial charge in [0.15, 0.2) is 0 Å². The van der Waals surface area contributed by atoms with Crippen LogP contribution in [-0.2, 0) is 10.2 Å². The molecule has 2 nitrogen and oxygen atoms in total. The SMILES string of the molecule is CC(C)CNC(=O)C1(c2ccccc2)CCCCC1. The predicted molar refractivity (Wildman–Crippen MR) is 79.1 cm³/mol. The third-order valence-electron chi connectivity index (χ3n) is 4.14. The molecule has 0 atom stereocenters. The van der Waals surface area contributed by atoms with Crippen LogP contribution in [0.4, 0.5) is 0 Å². The molecule has 0 unspecified atom stereocenters. The van der Waals surface area contributed by atoms with Crippen LogP contribution in [0, 0.1) is 5.92 Å². The monoisotopic (exact) mass is 259 g/mol. The van der Waals surface area contributed by atoms with Gasteiger partial charge in [-0.05, 0) is 24.3 Å². The molecule has 0 radical (unpaired) electrons. The lowest BCUT2D eigenvalue weighted by molar-refractivity contribution is -0.128. The second-order valence-corrected chi connectivity index (χ2v) is 6.11. The van der Waals surface area contributed by atoms with Gasteiger partial charge < -0.3 is 5.32 Å². The van der Waals surface area contributed by atoms with Crippen molar-refractivity contribution in [2.75, 3.05) is 6.54 Å². The lowest BCUT2D eigenvalue weighted by Gasteiger charge is -2.36. The maximum atomic E-state index is 12.7. The summed E-state index contributed by atoms with van der Waals surface area (Å²) >= 11 is 0. The van der Waals surface area contributed by atoms with Gasteiger partial charge in [0.1, 0.15) is 0 Å². The van der Waals surface area contributed by atoms with E-state index < -0.39 is 0 Å². The lowest BCUT2D eigenvalue weighted by Crippen LogP contribution is -2.46. The zero-order valence-corrected chi connectivity index (χ0v) is 12.1. The highest BCUT2D eigenvalue weighted by Gasteiger charge is 2.40. The van der Waals surface area contributed by atoms with Crippen LogP contribution in [0.3, 0.4) is 0 Å². The van der Waals surface area contributed by atoms with Crippen molar-refractivity contribution in [2.45, 2.75) is 51.4 Å². The molecule has 2 heteroatoms. The molecule has 0 aliphatic heterocycles.